The molecule has 0 atom stereocenters. The van der Waals surface area contributed by atoms with E-state index in [0.717, 1.165) is 11.3 Å². The summed E-state index contributed by atoms with van der Waals surface area (Å²) in [6.45, 7) is 1.89. The Kier molecular flexibility index (Phi) is 4.53. The van der Waals surface area contributed by atoms with Gasteiger partial charge in [-0.05, 0) is 28.9 Å². The van der Waals surface area contributed by atoms with Crippen molar-refractivity contribution < 1.29 is 9.13 Å². The summed E-state index contributed by atoms with van der Waals surface area (Å²) in [5.74, 6) is 0.392. The molecule has 0 spiro atoms. The van der Waals surface area contributed by atoms with E-state index in [1.807, 2.05) is 6.92 Å². The maximum Gasteiger partial charge on any atom is 0.221 e. The number of hydrogen-bond donors (Lipinski definition) is 0. The third kappa shape index (κ3) is 2.95. The van der Waals surface area contributed by atoms with E-state index < -0.39 is 5.82 Å². The van der Waals surface area contributed by atoms with Crippen molar-refractivity contribution in [2.75, 3.05) is 0 Å². The van der Waals surface area contributed by atoms with Crippen molar-refractivity contribution in [2.45, 2.75) is 12.3 Å². The highest BCUT2D eigenvalue weighted by Gasteiger charge is 2.16. The third-order valence-corrected chi connectivity index (χ3v) is 4.07. The number of halogens is 4. The van der Waals surface area contributed by atoms with Gasteiger partial charge in [-0.15, -0.1) is 0 Å². The molecule has 0 unspecified atom stereocenters. The van der Waals surface area contributed by atoms with Gasteiger partial charge in [0.25, 0.3) is 0 Å². The van der Waals surface area contributed by atoms with Crippen LogP contribution in [0.3, 0.4) is 0 Å². The highest BCUT2D eigenvalue weighted by molar-refractivity contribution is 9.10. The molecular formula is C12H10Br2ClFN2O. The van der Waals surface area contributed by atoms with Crippen LogP contribution in [0.25, 0.3) is 0 Å². The normalized spacial score (nSPS) is 10.8. The molecule has 102 valence electrons. The van der Waals surface area contributed by atoms with E-state index >= 15 is 0 Å². The minimum Gasteiger partial charge on any atom is -0.438 e. The lowest BCUT2D eigenvalue weighted by molar-refractivity contribution is 0.422. The van der Waals surface area contributed by atoms with Crippen molar-refractivity contribution in [1.82, 2.24) is 9.78 Å². The number of nitrogens with zero attached hydrogens (tertiary/aromatic N) is 2. The molecule has 2 rings (SSSR count). The van der Waals surface area contributed by atoms with Crippen molar-refractivity contribution in [3.05, 3.63) is 38.7 Å². The molecule has 2 aromatic rings. The van der Waals surface area contributed by atoms with E-state index in [1.165, 1.54) is 12.1 Å². The topological polar surface area (TPSA) is 27.1 Å². The number of aromatic nitrogens is 2. The zero-order chi connectivity index (χ0) is 14.2. The van der Waals surface area contributed by atoms with Gasteiger partial charge < -0.3 is 4.74 Å². The van der Waals surface area contributed by atoms with Crippen molar-refractivity contribution in [3.63, 3.8) is 0 Å². The Balaban J connectivity index is 2.44. The molecule has 0 saturated heterocycles. The average molecular weight is 412 g/mol. The molecule has 3 nitrogen and oxygen atoms in total. The second kappa shape index (κ2) is 5.81. The summed E-state index contributed by atoms with van der Waals surface area (Å²) in [7, 11) is 1.77. The fraction of sp³-hybridized carbons (Fsp3) is 0.250. The lowest BCUT2D eigenvalue weighted by atomic mass is 10.3. The molecule has 0 bridgehead atoms. The maximum absolute atomic E-state index is 13.5. The van der Waals surface area contributed by atoms with Gasteiger partial charge in [0.2, 0.25) is 5.88 Å². The number of ether oxygens (including phenoxy) is 1. The molecule has 0 amide bonds. The summed E-state index contributed by atoms with van der Waals surface area (Å²) < 4.78 is 21.4. The van der Waals surface area contributed by atoms with Crippen molar-refractivity contribution >= 4 is 43.5 Å². The molecule has 1 aromatic heterocycles. The van der Waals surface area contributed by atoms with E-state index in [4.69, 9.17) is 16.3 Å². The molecule has 0 aliphatic rings. The Bertz CT molecular complexity index is 631. The minimum absolute atomic E-state index is 0.0427. The lowest BCUT2D eigenvalue weighted by Crippen LogP contribution is -1.97. The molecule has 0 aliphatic carbocycles. The van der Waals surface area contributed by atoms with Crippen LogP contribution in [-0.4, -0.2) is 9.78 Å². The van der Waals surface area contributed by atoms with Crippen LogP contribution in [0.4, 0.5) is 4.39 Å². The number of benzene rings is 1. The molecule has 0 aliphatic heterocycles. The van der Waals surface area contributed by atoms with E-state index in [-0.39, 0.29) is 5.02 Å². The van der Waals surface area contributed by atoms with Gasteiger partial charge in [-0.25, -0.2) is 9.07 Å². The molecule has 1 aromatic carbocycles. The first-order chi connectivity index (χ1) is 8.93. The molecular weight excluding hydrogens is 402 g/mol. The van der Waals surface area contributed by atoms with Gasteiger partial charge in [-0.1, -0.05) is 27.5 Å². The highest BCUT2D eigenvalue weighted by Crippen LogP contribution is 2.35. The summed E-state index contributed by atoms with van der Waals surface area (Å²) in [5.41, 5.74) is 1.78. The second-order valence-corrected chi connectivity index (χ2v) is 5.75. The molecule has 0 saturated carbocycles. The number of hydrogen-bond acceptors (Lipinski definition) is 2. The number of alkyl halides is 1. The molecule has 7 heteroatoms. The standard InChI is InChI=1S/C12H10Br2ClFN2O/c1-6-7(5-13)12(18(2)17-6)19-11-4-10(16)9(15)3-8(11)14/h3-4H,5H2,1-2H3. The molecule has 19 heavy (non-hydrogen) atoms. The van der Waals surface area contributed by atoms with Gasteiger partial charge in [0.1, 0.15) is 11.6 Å². The van der Waals surface area contributed by atoms with Gasteiger partial charge >= 0.3 is 0 Å². The average Bonchev–Trinajstić information content (AvgIpc) is 2.60. The summed E-state index contributed by atoms with van der Waals surface area (Å²) >= 11 is 12.4. The first kappa shape index (κ1) is 14.8. The fourth-order valence-electron chi connectivity index (χ4n) is 1.65. The summed E-state index contributed by atoms with van der Waals surface area (Å²) in [6.07, 6.45) is 0. The van der Waals surface area contributed by atoms with Crippen LogP contribution < -0.4 is 4.74 Å². The smallest absolute Gasteiger partial charge is 0.221 e. The van der Waals surface area contributed by atoms with Crippen LogP contribution in [0.2, 0.25) is 5.02 Å². The second-order valence-electron chi connectivity index (χ2n) is 3.93. The van der Waals surface area contributed by atoms with Crippen molar-refractivity contribution in [2.24, 2.45) is 7.05 Å². The van der Waals surface area contributed by atoms with Crippen LogP contribution in [0.5, 0.6) is 11.6 Å². The number of aryl methyl sites for hydroxylation is 2. The largest absolute Gasteiger partial charge is 0.438 e. The van der Waals surface area contributed by atoms with Crippen LogP contribution in [0, 0.1) is 12.7 Å². The van der Waals surface area contributed by atoms with Crippen LogP contribution in [-0.2, 0) is 12.4 Å². The molecule has 0 fully saturated rings. The Hall–Kier alpha value is -0.590. The van der Waals surface area contributed by atoms with E-state index in [2.05, 4.69) is 37.0 Å². The van der Waals surface area contributed by atoms with Crippen molar-refractivity contribution in [1.29, 1.82) is 0 Å². The van der Waals surface area contributed by atoms with Crippen LogP contribution >= 0.6 is 43.5 Å². The molecule has 1 heterocycles. The summed E-state index contributed by atoms with van der Waals surface area (Å²) in [6, 6.07) is 2.70. The van der Waals surface area contributed by atoms with E-state index in [9.17, 15) is 4.39 Å². The summed E-state index contributed by atoms with van der Waals surface area (Å²) in [5, 5.41) is 4.92. The van der Waals surface area contributed by atoms with E-state index in [0.29, 0.717) is 21.4 Å². The first-order valence-corrected chi connectivity index (χ1v) is 7.64. The monoisotopic (exact) mass is 410 g/mol. The third-order valence-electron chi connectivity index (χ3n) is 2.60. The predicted molar refractivity (Wildman–Crippen MR) is 79.8 cm³/mol. The van der Waals surface area contributed by atoms with Crippen LogP contribution in [0.1, 0.15) is 11.3 Å². The zero-order valence-electron chi connectivity index (χ0n) is 10.2. The predicted octanol–water partition coefficient (Wildman–Crippen LogP) is 4.97. The highest BCUT2D eigenvalue weighted by atomic mass is 79.9. The minimum atomic E-state index is -0.529. The van der Waals surface area contributed by atoms with Gasteiger partial charge in [-0.3, -0.25) is 0 Å². The summed E-state index contributed by atoms with van der Waals surface area (Å²) in [4.78, 5) is 0. The first-order valence-electron chi connectivity index (χ1n) is 5.35. The Morgan fingerprint density at radius 1 is 1.47 bits per heavy atom. The van der Waals surface area contributed by atoms with Gasteiger partial charge in [0.15, 0.2) is 0 Å². The van der Waals surface area contributed by atoms with Crippen LogP contribution in [0.15, 0.2) is 16.6 Å². The fourth-order valence-corrected chi connectivity index (χ4v) is 3.01. The van der Waals surface area contributed by atoms with Gasteiger partial charge in [0, 0.05) is 24.0 Å². The van der Waals surface area contributed by atoms with Gasteiger partial charge in [-0.2, -0.15) is 5.10 Å². The van der Waals surface area contributed by atoms with Crippen molar-refractivity contribution in [3.8, 4) is 11.6 Å². The molecule has 0 radical (unpaired) electrons. The van der Waals surface area contributed by atoms with Gasteiger partial charge in [0.05, 0.1) is 15.2 Å². The maximum atomic E-state index is 13.5. The quantitative estimate of drug-likeness (QED) is 0.526. The zero-order valence-corrected chi connectivity index (χ0v) is 14.1. The lowest BCUT2D eigenvalue weighted by Gasteiger charge is -2.10. The Labute approximate surface area is 132 Å². The SMILES string of the molecule is Cc1nn(C)c(Oc2cc(F)c(Cl)cc2Br)c1CBr. The van der Waals surface area contributed by atoms with E-state index in [1.54, 1.807) is 11.7 Å². The number of rotatable bonds is 3. The molecule has 0 N–H and O–H groups in total. The Morgan fingerprint density at radius 3 is 2.79 bits per heavy atom. The Morgan fingerprint density at radius 2 is 2.16 bits per heavy atom.